The standard InChI is InChI=1S/C12H14O5/c1-4-7-5-8(16-2)6-9(11(7)17-3)10(13)12(14)15/h5-6H,4H2,1-3H3,(H,14,15). The molecule has 0 aliphatic heterocycles. The number of ether oxygens (including phenoxy) is 2. The van der Waals surface area contributed by atoms with Gasteiger partial charge in [-0.15, -0.1) is 0 Å². The van der Waals surface area contributed by atoms with E-state index in [4.69, 9.17) is 14.6 Å². The van der Waals surface area contributed by atoms with E-state index < -0.39 is 11.8 Å². The Balaban J connectivity index is 3.44. The molecule has 0 aliphatic rings. The molecule has 0 bridgehead atoms. The van der Waals surface area contributed by atoms with Gasteiger partial charge in [0.25, 0.3) is 5.78 Å². The summed E-state index contributed by atoms with van der Waals surface area (Å²) in [6, 6.07) is 3.09. The summed E-state index contributed by atoms with van der Waals surface area (Å²) in [5, 5.41) is 8.74. The van der Waals surface area contributed by atoms with Crippen molar-refractivity contribution in [3.8, 4) is 11.5 Å². The molecule has 1 rings (SSSR count). The molecule has 5 heteroatoms. The maximum Gasteiger partial charge on any atom is 0.377 e. The van der Waals surface area contributed by atoms with E-state index >= 15 is 0 Å². The first-order valence-corrected chi connectivity index (χ1v) is 5.07. The molecule has 92 valence electrons. The summed E-state index contributed by atoms with van der Waals surface area (Å²) in [5.74, 6) is -1.79. The number of Topliss-reactive ketones (excluding diaryl/α,β-unsaturated/α-hetero) is 1. The van der Waals surface area contributed by atoms with Gasteiger partial charge < -0.3 is 14.6 Å². The Morgan fingerprint density at radius 2 is 1.88 bits per heavy atom. The molecule has 17 heavy (non-hydrogen) atoms. The number of methoxy groups -OCH3 is 2. The molecule has 0 unspecified atom stereocenters. The van der Waals surface area contributed by atoms with Crippen LogP contribution in [0.15, 0.2) is 12.1 Å². The van der Waals surface area contributed by atoms with Gasteiger partial charge in [-0.1, -0.05) is 6.92 Å². The van der Waals surface area contributed by atoms with E-state index in [0.717, 1.165) is 5.56 Å². The summed E-state index contributed by atoms with van der Waals surface area (Å²) in [5.41, 5.74) is 0.743. The zero-order valence-electron chi connectivity index (χ0n) is 9.94. The number of aryl methyl sites for hydroxylation is 1. The van der Waals surface area contributed by atoms with Crippen molar-refractivity contribution in [1.29, 1.82) is 0 Å². The minimum absolute atomic E-state index is 0.0104. The van der Waals surface area contributed by atoms with Gasteiger partial charge in [0, 0.05) is 0 Å². The van der Waals surface area contributed by atoms with Crippen LogP contribution >= 0.6 is 0 Å². The van der Waals surface area contributed by atoms with Crippen LogP contribution in [-0.4, -0.2) is 31.1 Å². The number of carbonyl (C=O) groups excluding carboxylic acids is 1. The number of aliphatic carboxylic acids is 1. The number of carboxylic acids is 1. The Hall–Kier alpha value is -2.04. The number of rotatable bonds is 5. The highest BCUT2D eigenvalue weighted by Gasteiger charge is 2.22. The Morgan fingerprint density at radius 1 is 1.24 bits per heavy atom. The lowest BCUT2D eigenvalue weighted by atomic mass is 10.0. The predicted octanol–water partition coefficient (Wildman–Crippen LogP) is 1.53. The van der Waals surface area contributed by atoms with E-state index in [0.29, 0.717) is 17.9 Å². The van der Waals surface area contributed by atoms with Crippen molar-refractivity contribution in [3.63, 3.8) is 0 Å². The topological polar surface area (TPSA) is 72.8 Å². The third-order valence-corrected chi connectivity index (χ3v) is 2.40. The molecule has 0 spiro atoms. The summed E-state index contributed by atoms with van der Waals surface area (Å²) < 4.78 is 10.1. The lowest BCUT2D eigenvalue weighted by Gasteiger charge is -2.12. The fraction of sp³-hybridized carbons (Fsp3) is 0.333. The summed E-state index contributed by atoms with van der Waals surface area (Å²) in [7, 11) is 2.86. The molecule has 0 radical (unpaired) electrons. The van der Waals surface area contributed by atoms with Crippen molar-refractivity contribution in [2.24, 2.45) is 0 Å². The van der Waals surface area contributed by atoms with Crippen LogP contribution < -0.4 is 9.47 Å². The summed E-state index contributed by atoms with van der Waals surface area (Å²) in [6.07, 6.45) is 0.611. The average molecular weight is 238 g/mol. The minimum Gasteiger partial charge on any atom is -0.497 e. The van der Waals surface area contributed by atoms with Crippen LogP contribution in [0.3, 0.4) is 0 Å². The van der Waals surface area contributed by atoms with Gasteiger partial charge in [0.05, 0.1) is 19.8 Å². The van der Waals surface area contributed by atoms with Crippen molar-refractivity contribution < 1.29 is 24.2 Å². The Morgan fingerprint density at radius 3 is 2.29 bits per heavy atom. The fourth-order valence-corrected chi connectivity index (χ4v) is 1.57. The van der Waals surface area contributed by atoms with Crippen LogP contribution in [0.25, 0.3) is 0 Å². The number of benzene rings is 1. The number of ketones is 1. The molecule has 1 N–H and O–H groups in total. The van der Waals surface area contributed by atoms with E-state index in [1.807, 2.05) is 6.92 Å². The number of carbonyl (C=O) groups is 2. The second kappa shape index (κ2) is 5.34. The van der Waals surface area contributed by atoms with E-state index in [1.54, 1.807) is 6.07 Å². The first-order chi connectivity index (χ1) is 8.04. The Bertz CT molecular complexity index is 450. The van der Waals surface area contributed by atoms with Crippen LogP contribution in [0.1, 0.15) is 22.8 Å². The Labute approximate surface area is 99.0 Å². The molecule has 0 saturated carbocycles. The molecule has 0 aliphatic carbocycles. The molecule has 0 amide bonds. The smallest absolute Gasteiger partial charge is 0.377 e. The monoisotopic (exact) mass is 238 g/mol. The van der Waals surface area contributed by atoms with Crippen LogP contribution in [0.2, 0.25) is 0 Å². The van der Waals surface area contributed by atoms with Crippen molar-refractivity contribution in [2.45, 2.75) is 13.3 Å². The fourth-order valence-electron chi connectivity index (χ4n) is 1.57. The number of carboxylic acid groups (broad SMARTS) is 1. The second-order valence-corrected chi connectivity index (χ2v) is 3.36. The second-order valence-electron chi connectivity index (χ2n) is 3.36. The van der Waals surface area contributed by atoms with E-state index in [1.165, 1.54) is 20.3 Å². The number of hydrogen-bond donors (Lipinski definition) is 1. The summed E-state index contributed by atoms with van der Waals surface area (Å²) in [6.45, 7) is 1.88. The maximum absolute atomic E-state index is 11.5. The van der Waals surface area contributed by atoms with Crippen LogP contribution in [-0.2, 0) is 11.2 Å². The van der Waals surface area contributed by atoms with Crippen molar-refractivity contribution >= 4 is 11.8 Å². The van der Waals surface area contributed by atoms with Gasteiger partial charge in [0.15, 0.2) is 0 Å². The SMILES string of the molecule is CCc1cc(OC)cc(C(=O)C(=O)O)c1OC. The zero-order valence-corrected chi connectivity index (χ0v) is 9.94. The van der Waals surface area contributed by atoms with Gasteiger partial charge in [-0.3, -0.25) is 4.79 Å². The largest absolute Gasteiger partial charge is 0.497 e. The van der Waals surface area contributed by atoms with Crippen LogP contribution in [0, 0.1) is 0 Å². The van der Waals surface area contributed by atoms with Crippen LogP contribution in [0.4, 0.5) is 0 Å². The minimum atomic E-state index is -1.52. The lowest BCUT2D eigenvalue weighted by Crippen LogP contribution is -2.15. The van der Waals surface area contributed by atoms with Gasteiger partial charge in [0.2, 0.25) is 0 Å². The quantitative estimate of drug-likeness (QED) is 0.622. The van der Waals surface area contributed by atoms with E-state index in [9.17, 15) is 9.59 Å². The summed E-state index contributed by atoms with van der Waals surface area (Å²) in [4.78, 5) is 22.2. The first-order valence-electron chi connectivity index (χ1n) is 5.07. The molecule has 0 aromatic heterocycles. The zero-order chi connectivity index (χ0) is 13.0. The van der Waals surface area contributed by atoms with Crippen LogP contribution in [0.5, 0.6) is 11.5 Å². The van der Waals surface area contributed by atoms with Gasteiger partial charge in [0.1, 0.15) is 11.5 Å². The molecular formula is C12H14O5. The molecular weight excluding hydrogens is 224 g/mol. The Kier molecular flexibility index (Phi) is 4.09. The third-order valence-electron chi connectivity index (χ3n) is 2.40. The van der Waals surface area contributed by atoms with Crippen molar-refractivity contribution in [2.75, 3.05) is 14.2 Å². The van der Waals surface area contributed by atoms with Gasteiger partial charge in [-0.2, -0.15) is 0 Å². The highest BCUT2D eigenvalue weighted by Crippen LogP contribution is 2.30. The molecule has 0 atom stereocenters. The molecule has 0 heterocycles. The highest BCUT2D eigenvalue weighted by molar-refractivity contribution is 6.40. The van der Waals surface area contributed by atoms with E-state index in [-0.39, 0.29) is 5.56 Å². The van der Waals surface area contributed by atoms with Gasteiger partial charge in [-0.25, -0.2) is 4.79 Å². The van der Waals surface area contributed by atoms with E-state index in [2.05, 4.69) is 0 Å². The van der Waals surface area contributed by atoms with Crippen molar-refractivity contribution in [3.05, 3.63) is 23.3 Å². The molecule has 1 aromatic carbocycles. The lowest BCUT2D eigenvalue weighted by molar-refractivity contribution is -0.131. The maximum atomic E-state index is 11.5. The first kappa shape index (κ1) is 13.0. The summed E-state index contributed by atoms with van der Waals surface area (Å²) >= 11 is 0. The van der Waals surface area contributed by atoms with Gasteiger partial charge >= 0.3 is 5.97 Å². The normalized spacial score (nSPS) is 9.82. The third kappa shape index (κ3) is 2.55. The molecule has 0 saturated heterocycles. The molecule has 0 fully saturated rings. The van der Waals surface area contributed by atoms with Gasteiger partial charge in [-0.05, 0) is 24.1 Å². The molecule has 5 nitrogen and oxygen atoms in total. The molecule has 1 aromatic rings. The van der Waals surface area contributed by atoms with Crippen molar-refractivity contribution in [1.82, 2.24) is 0 Å². The number of hydrogen-bond acceptors (Lipinski definition) is 4. The average Bonchev–Trinajstić information content (AvgIpc) is 2.35. The predicted molar refractivity (Wildman–Crippen MR) is 60.9 cm³/mol. The highest BCUT2D eigenvalue weighted by atomic mass is 16.5.